The number of nitrogens with zero attached hydrogens (tertiary/aromatic N) is 1. The van der Waals surface area contributed by atoms with Gasteiger partial charge in [0.25, 0.3) is 0 Å². The summed E-state index contributed by atoms with van der Waals surface area (Å²) >= 11 is 11.7. The van der Waals surface area contributed by atoms with Crippen LogP contribution in [0.1, 0.15) is 24.1 Å². The van der Waals surface area contributed by atoms with Crippen LogP contribution in [0.3, 0.4) is 0 Å². The van der Waals surface area contributed by atoms with Gasteiger partial charge in [-0.25, -0.2) is 4.39 Å². The van der Waals surface area contributed by atoms with Crippen molar-refractivity contribution >= 4 is 28.9 Å². The van der Waals surface area contributed by atoms with Gasteiger partial charge in [-0.2, -0.15) is 5.26 Å². The van der Waals surface area contributed by atoms with Crippen LogP contribution in [0.5, 0.6) is 0 Å². The molecular weight excluding hydrogens is 298 g/mol. The maximum absolute atomic E-state index is 13.4. The lowest BCUT2D eigenvalue weighted by molar-refractivity contribution is 0.624. The smallest absolute Gasteiger partial charge is 0.142 e. The Kier molecular flexibility index (Phi) is 4.49. The van der Waals surface area contributed by atoms with E-state index in [9.17, 15) is 4.39 Å². The van der Waals surface area contributed by atoms with E-state index >= 15 is 0 Å². The summed E-state index contributed by atoms with van der Waals surface area (Å²) in [6, 6.07) is 11.5. The van der Waals surface area contributed by atoms with Crippen molar-refractivity contribution in [2.45, 2.75) is 13.0 Å². The zero-order chi connectivity index (χ0) is 14.7. The Labute approximate surface area is 126 Å². The second kappa shape index (κ2) is 6.13. The summed E-state index contributed by atoms with van der Waals surface area (Å²) in [7, 11) is 0. The van der Waals surface area contributed by atoms with E-state index in [1.807, 2.05) is 13.0 Å². The standard InChI is InChI=1S/C15H11Cl2FN2/c1-9(11-3-4-12(16)14(18)7-11)20-15-5-2-10(8-19)6-13(15)17/h2-7,9,20H,1H3. The van der Waals surface area contributed by atoms with Crippen LogP contribution in [0, 0.1) is 17.1 Å². The van der Waals surface area contributed by atoms with Crippen LogP contribution < -0.4 is 5.32 Å². The van der Waals surface area contributed by atoms with Gasteiger partial charge in [0, 0.05) is 6.04 Å². The van der Waals surface area contributed by atoms with Crippen LogP contribution in [0.2, 0.25) is 10.0 Å². The first kappa shape index (κ1) is 14.6. The molecule has 1 N–H and O–H groups in total. The number of nitriles is 1. The van der Waals surface area contributed by atoms with Crippen molar-refractivity contribution in [1.82, 2.24) is 0 Å². The van der Waals surface area contributed by atoms with Gasteiger partial charge in [0.2, 0.25) is 0 Å². The Morgan fingerprint density at radius 2 is 1.90 bits per heavy atom. The molecule has 5 heteroatoms. The van der Waals surface area contributed by atoms with E-state index in [0.717, 1.165) is 5.56 Å². The molecule has 102 valence electrons. The molecule has 0 radical (unpaired) electrons. The number of benzene rings is 2. The number of halogens is 3. The van der Waals surface area contributed by atoms with Crippen molar-refractivity contribution in [3.63, 3.8) is 0 Å². The summed E-state index contributed by atoms with van der Waals surface area (Å²) in [5, 5.41) is 12.5. The van der Waals surface area contributed by atoms with Crippen molar-refractivity contribution < 1.29 is 4.39 Å². The summed E-state index contributed by atoms with van der Waals surface area (Å²) in [6.45, 7) is 1.89. The van der Waals surface area contributed by atoms with E-state index in [0.29, 0.717) is 16.3 Å². The largest absolute Gasteiger partial charge is 0.377 e. The third kappa shape index (κ3) is 3.22. The van der Waals surface area contributed by atoms with Gasteiger partial charge in [0.15, 0.2) is 0 Å². The Hall–Kier alpha value is -1.76. The number of rotatable bonds is 3. The molecule has 2 aromatic carbocycles. The molecule has 0 bridgehead atoms. The lowest BCUT2D eigenvalue weighted by Gasteiger charge is -2.17. The Morgan fingerprint density at radius 1 is 1.15 bits per heavy atom. The fourth-order valence-electron chi connectivity index (χ4n) is 1.80. The topological polar surface area (TPSA) is 35.8 Å². The quantitative estimate of drug-likeness (QED) is 0.848. The van der Waals surface area contributed by atoms with Gasteiger partial charge in [-0.1, -0.05) is 29.3 Å². The van der Waals surface area contributed by atoms with Crippen molar-refractivity contribution in [3.05, 3.63) is 63.4 Å². The van der Waals surface area contributed by atoms with Gasteiger partial charge in [0.05, 0.1) is 27.4 Å². The first-order valence-electron chi connectivity index (χ1n) is 5.92. The molecule has 2 nitrogen and oxygen atoms in total. The van der Waals surface area contributed by atoms with Gasteiger partial charge < -0.3 is 5.32 Å². The van der Waals surface area contributed by atoms with Crippen molar-refractivity contribution in [1.29, 1.82) is 5.26 Å². The first-order valence-corrected chi connectivity index (χ1v) is 6.68. The Morgan fingerprint density at radius 3 is 2.50 bits per heavy atom. The normalized spacial score (nSPS) is 11.8. The van der Waals surface area contributed by atoms with Crippen LogP contribution in [0.4, 0.5) is 10.1 Å². The summed E-state index contributed by atoms with van der Waals surface area (Å²) in [6.07, 6.45) is 0. The SMILES string of the molecule is CC(Nc1ccc(C#N)cc1Cl)c1ccc(Cl)c(F)c1. The van der Waals surface area contributed by atoms with Crippen LogP contribution >= 0.6 is 23.2 Å². The number of anilines is 1. The molecule has 2 rings (SSSR count). The highest BCUT2D eigenvalue weighted by Crippen LogP contribution is 2.28. The monoisotopic (exact) mass is 308 g/mol. The molecule has 20 heavy (non-hydrogen) atoms. The third-order valence-corrected chi connectivity index (χ3v) is 3.53. The molecule has 2 aromatic rings. The zero-order valence-corrected chi connectivity index (χ0v) is 12.1. The van der Waals surface area contributed by atoms with Crippen LogP contribution in [-0.4, -0.2) is 0 Å². The summed E-state index contributed by atoms with van der Waals surface area (Å²) in [5.41, 5.74) is 1.94. The molecule has 0 saturated carbocycles. The molecule has 1 unspecified atom stereocenters. The van der Waals surface area contributed by atoms with Gasteiger partial charge in [0.1, 0.15) is 5.82 Å². The number of nitrogens with one attached hydrogen (secondary N) is 1. The van der Waals surface area contributed by atoms with Crippen molar-refractivity contribution in [3.8, 4) is 6.07 Å². The summed E-state index contributed by atoms with van der Waals surface area (Å²) in [5.74, 6) is -0.455. The molecule has 0 fully saturated rings. The average molecular weight is 309 g/mol. The predicted octanol–water partition coefficient (Wildman–Crippen LogP) is 5.18. The van der Waals surface area contributed by atoms with E-state index in [1.54, 1.807) is 24.3 Å². The van der Waals surface area contributed by atoms with E-state index in [2.05, 4.69) is 5.32 Å². The van der Waals surface area contributed by atoms with Gasteiger partial charge in [-0.15, -0.1) is 0 Å². The average Bonchev–Trinajstić information content (AvgIpc) is 2.43. The third-order valence-electron chi connectivity index (χ3n) is 2.91. The first-order chi connectivity index (χ1) is 9.51. The zero-order valence-electron chi connectivity index (χ0n) is 10.6. The molecule has 0 aromatic heterocycles. The molecule has 0 aliphatic heterocycles. The lowest BCUT2D eigenvalue weighted by Crippen LogP contribution is -2.07. The van der Waals surface area contributed by atoms with Crippen LogP contribution in [0.15, 0.2) is 36.4 Å². The highest BCUT2D eigenvalue weighted by atomic mass is 35.5. The minimum atomic E-state index is -0.455. The fraction of sp³-hybridized carbons (Fsp3) is 0.133. The molecule has 0 amide bonds. The number of hydrogen-bond donors (Lipinski definition) is 1. The second-order valence-corrected chi connectivity index (χ2v) is 5.16. The van der Waals surface area contributed by atoms with Crippen LogP contribution in [0.25, 0.3) is 0 Å². The molecule has 1 atom stereocenters. The highest BCUT2D eigenvalue weighted by molar-refractivity contribution is 6.33. The molecule has 0 saturated heterocycles. The van der Waals surface area contributed by atoms with Crippen molar-refractivity contribution in [2.75, 3.05) is 5.32 Å². The van der Waals surface area contributed by atoms with Crippen LogP contribution in [-0.2, 0) is 0 Å². The minimum Gasteiger partial charge on any atom is -0.377 e. The molecule has 0 spiro atoms. The van der Waals surface area contributed by atoms with Gasteiger partial charge in [-0.3, -0.25) is 0 Å². The molecular formula is C15H11Cl2FN2. The molecule has 0 heterocycles. The second-order valence-electron chi connectivity index (χ2n) is 4.35. The summed E-state index contributed by atoms with van der Waals surface area (Å²) < 4.78 is 13.4. The van der Waals surface area contributed by atoms with Gasteiger partial charge in [-0.05, 0) is 42.8 Å². The summed E-state index contributed by atoms with van der Waals surface area (Å²) in [4.78, 5) is 0. The Balaban J connectivity index is 2.21. The van der Waals surface area contributed by atoms with E-state index in [-0.39, 0.29) is 11.1 Å². The van der Waals surface area contributed by atoms with E-state index in [1.165, 1.54) is 12.1 Å². The number of hydrogen-bond acceptors (Lipinski definition) is 2. The maximum Gasteiger partial charge on any atom is 0.142 e. The Bertz CT molecular complexity index is 680. The predicted molar refractivity (Wildman–Crippen MR) is 79.6 cm³/mol. The molecule has 0 aliphatic carbocycles. The van der Waals surface area contributed by atoms with Gasteiger partial charge >= 0.3 is 0 Å². The van der Waals surface area contributed by atoms with Crippen molar-refractivity contribution in [2.24, 2.45) is 0 Å². The minimum absolute atomic E-state index is 0.0948. The highest BCUT2D eigenvalue weighted by Gasteiger charge is 2.10. The fourth-order valence-corrected chi connectivity index (χ4v) is 2.15. The van der Waals surface area contributed by atoms with E-state index < -0.39 is 5.82 Å². The van der Waals surface area contributed by atoms with E-state index in [4.69, 9.17) is 28.5 Å². The molecule has 0 aliphatic rings. The maximum atomic E-state index is 13.4. The lowest BCUT2D eigenvalue weighted by atomic mass is 10.1.